The van der Waals surface area contributed by atoms with E-state index in [1.165, 1.54) is 0 Å². The van der Waals surface area contributed by atoms with Crippen LogP contribution >= 0.6 is 11.6 Å². The van der Waals surface area contributed by atoms with Crippen molar-refractivity contribution in [2.75, 3.05) is 31.6 Å². The third-order valence-electron chi connectivity index (χ3n) is 4.17. The maximum absolute atomic E-state index is 10.6. The molecule has 0 N–H and O–H groups in total. The molecule has 3 rings (SSSR count). The molecule has 2 aromatic rings. The average molecular weight is 342 g/mol. The molecule has 0 spiro atoms. The van der Waals surface area contributed by atoms with E-state index in [4.69, 9.17) is 11.6 Å². The van der Waals surface area contributed by atoms with Crippen molar-refractivity contribution in [3.05, 3.63) is 23.1 Å². The Balaban J connectivity index is 1.62. The molecule has 1 aliphatic heterocycles. The summed E-state index contributed by atoms with van der Waals surface area (Å²) in [5.41, 5.74) is 2.09. The highest BCUT2D eigenvalue weighted by atomic mass is 35.5. The van der Waals surface area contributed by atoms with Crippen molar-refractivity contribution in [2.45, 2.75) is 19.8 Å². The fourth-order valence-corrected chi connectivity index (χ4v) is 3.48. The molecule has 0 unspecified atom stereocenters. The maximum atomic E-state index is 10.6. The first-order valence-electron chi connectivity index (χ1n) is 7.38. The number of nitrogens with zero attached hydrogens (tertiary/aromatic N) is 5. The number of halogens is 1. The Hall–Kier alpha value is -1.18. The zero-order valence-electron chi connectivity index (χ0n) is 12.7. The SMILES string of the molecule is Cc1cc(Cl)n2ncnc(N3CC(CCCN(C)[SH]=O)C3)c12. The van der Waals surface area contributed by atoms with Crippen LogP contribution < -0.4 is 4.90 Å². The molecule has 1 saturated heterocycles. The van der Waals surface area contributed by atoms with Crippen LogP contribution in [-0.4, -0.2) is 49.8 Å². The van der Waals surface area contributed by atoms with E-state index in [0.717, 1.165) is 49.4 Å². The van der Waals surface area contributed by atoms with Crippen molar-refractivity contribution in [3.8, 4) is 0 Å². The molecule has 120 valence electrons. The molecule has 1 fully saturated rings. The predicted molar refractivity (Wildman–Crippen MR) is 89.8 cm³/mol. The quantitative estimate of drug-likeness (QED) is 0.813. The summed E-state index contributed by atoms with van der Waals surface area (Å²) in [7, 11) is 1.86. The van der Waals surface area contributed by atoms with Gasteiger partial charge in [-0.2, -0.15) is 5.10 Å². The van der Waals surface area contributed by atoms with Crippen molar-refractivity contribution in [2.24, 2.45) is 5.92 Å². The summed E-state index contributed by atoms with van der Waals surface area (Å²) < 4.78 is 14.2. The highest BCUT2D eigenvalue weighted by Gasteiger charge is 2.29. The molecule has 0 radical (unpaired) electrons. The standard InChI is InChI=1S/C14H20ClN5OS/c1-10-6-12(15)20-13(10)14(16-9-17-20)19-7-11(8-19)4-3-5-18(2)22-21/h6,9,11,22H,3-5,7-8H2,1-2H3. The summed E-state index contributed by atoms with van der Waals surface area (Å²) in [5.74, 6) is 1.64. The van der Waals surface area contributed by atoms with Crippen molar-refractivity contribution in [3.63, 3.8) is 0 Å². The number of aryl methyl sites for hydroxylation is 1. The lowest BCUT2D eigenvalue weighted by Gasteiger charge is -2.40. The highest BCUT2D eigenvalue weighted by Crippen LogP contribution is 2.32. The Morgan fingerprint density at radius 3 is 3.00 bits per heavy atom. The highest BCUT2D eigenvalue weighted by molar-refractivity contribution is 7.62. The topological polar surface area (TPSA) is 53.7 Å². The molecule has 22 heavy (non-hydrogen) atoms. The lowest BCUT2D eigenvalue weighted by atomic mass is 9.94. The maximum Gasteiger partial charge on any atom is 0.156 e. The number of fused-ring (bicyclic) bond motifs is 1. The van der Waals surface area contributed by atoms with Crippen LogP contribution in [0.5, 0.6) is 0 Å². The van der Waals surface area contributed by atoms with Gasteiger partial charge in [0.05, 0.1) is 11.9 Å². The van der Waals surface area contributed by atoms with E-state index < -0.39 is 0 Å². The normalized spacial score (nSPS) is 15.7. The number of hydrogen-bond acceptors (Lipinski definition) is 4. The van der Waals surface area contributed by atoms with Crippen LogP contribution in [0.15, 0.2) is 12.4 Å². The number of thiol groups is 1. The van der Waals surface area contributed by atoms with E-state index in [1.54, 1.807) is 15.1 Å². The number of anilines is 1. The van der Waals surface area contributed by atoms with Crippen molar-refractivity contribution < 1.29 is 4.21 Å². The second-order valence-corrected chi connectivity index (χ2v) is 7.10. The molecule has 1 aliphatic rings. The molecule has 0 saturated carbocycles. The smallest absolute Gasteiger partial charge is 0.156 e. The zero-order chi connectivity index (χ0) is 15.7. The number of aromatic nitrogens is 3. The molecule has 2 aromatic heterocycles. The van der Waals surface area contributed by atoms with Gasteiger partial charge in [-0.3, -0.25) is 0 Å². The van der Waals surface area contributed by atoms with Gasteiger partial charge in [0, 0.05) is 19.6 Å². The Morgan fingerprint density at radius 1 is 1.50 bits per heavy atom. The molecular weight excluding hydrogens is 322 g/mol. The largest absolute Gasteiger partial charge is 0.354 e. The van der Waals surface area contributed by atoms with Gasteiger partial charge in [-0.15, -0.1) is 0 Å². The predicted octanol–water partition coefficient (Wildman–Crippen LogP) is 1.70. The monoisotopic (exact) mass is 341 g/mol. The summed E-state index contributed by atoms with van der Waals surface area (Å²) in [4.78, 5) is 6.72. The molecule has 0 aliphatic carbocycles. The van der Waals surface area contributed by atoms with E-state index in [1.807, 2.05) is 20.0 Å². The molecular formula is C14H20ClN5OS. The van der Waals surface area contributed by atoms with Gasteiger partial charge in [0.2, 0.25) is 0 Å². The van der Waals surface area contributed by atoms with E-state index in [9.17, 15) is 4.21 Å². The second-order valence-electron chi connectivity index (χ2n) is 5.87. The minimum Gasteiger partial charge on any atom is -0.354 e. The van der Waals surface area contributed by atoms with Crippen LogP contribution in [0.4, 0.5) is 5.82 Å². The lowest BCUT2D eigenvalue weighted by Crippen LogP contribution is -2.47. The number of hydrogen-bond donors (Lipinski definition) is 1. The molecule has 3 heterocycles. The summed E-state index contributed by atoms with van der Waals surface area (Å²) in [6.07, 6.45) is 3.78. The fraction of sp³-hybridized carbons (Fsp3) is 0.571. The van der Waals surface area contributed by atoms with Crippen molar-refractivity contribution in [1.82, 2.24) is 18.9 Å². The van der Waals surface area contributed by atoms with Crippen LogP contribution in [0, 0.1) is 12.8 Å². The molecule has 0 amide bonds. The Labute approximate surface area is 138 Å². The molecule has 0 atom stereocenters. The van der Waals surface area contributed by atoms with Crippen LogP contribution in [0.3, 0.4) is 0 Å². The first-order valence-corrected chi connectivity index (χ1v) is 8.52. The third kappa shape index (κ3) is 2.98. The molecule has 6 nitrogen and oxygen atoms in total. The minimum atomic E-state index is 0.101. The van der Waals surface area contributed by atoms with Gasteiger partial charge in [-0.1, -0.05) is 11.6 Å². The lowest BCUT2D eigenvalue weighted by molar-refractivity contribution is 0.357. The number of rotatable bonds is 6. The van der Waals surface area contributed by atoms with Gasteiger partial charge in [0.15, 0.2) is 5.82 Å². The second kappa shape index (κ2) is 6.52. The van der Waals surface area contributed by atoms with Gasteiger partial charge in [0.1, 0.15) is 17.0 Å². The average Bonchev–Trinajstić information content (AvgIpc) is 2.76. The van der Waals surface area contributed by atoms with Gasteiger partial charge in [0.25, 0.3) is 0 Å². The fourth-order valence-electron chi connectivity index (χ4n) is 2.97. The van der Waals surface area contributed by atoms with Gasteiger partial charge < -0.3 is 4.90 Å². The van der Waals surface area contributed by atoms with E-state index in [2.05, 4.69) is 15.0 Å². The van der Waals surface area contributed by atoms with Gasteiger partial charge >= 0.3 is 0 Å². The zero-order valence-corrected chi connectivity index (χ0v) is 14.4. The Kier molecular flexibility index (Phi) is 4.65. The third-order valence-corrected chi connectivity index (χ3v) is 4.92. The van der Waals surface area contributed by atoms with Gasteiger partial charge in [-0.25, -0.2) is 18.0 Å². The Morgan fingerprint density at radius 2 is 2.27 bits per heavy atom. The minimum absolute atomic E-state index is 0.101. The first kappa shape index (κ1) is 15.7. The first-order chi connectivity index (χ1) is 10.6. The molecule has 0 bridgehead atoms. The summed E-state index contributed by atoms with van der Waals surface area (Å²) in [6.45, 7) is 4.91. The van der Waals surface area contributed by atoms with Crippen molar-refractivity contribution >= 4 is 34.8 Å². The van der Waals surface area contributed by atoms with Crippen LogP contribution in [0.25, 0.3) is 5.52 Å². The van der Waals surface area contributed by atoms with E-state index in [-0.39, 0.29) is 11.9 Å². The summed E-state index contributed by atoms with van der Waals surface area (Å²) in [5, 5.41) is 4.83. The summed E-state index contributed by atoms with van der Waals surface area (Å²) >= 11 is 6.28. The molecule has 0 aromatic carbocycles. The summed E-state index contributed by atoms with van der Waals surface area (Å²) in [6, 6.07) is 1.92. The Bertz CT molecular complexity index is 685. The van der Waals surface area contributed by atoms with Crippen LogP contribution in [0.2, 0.25) is 5.15 Å². The molecule has 8 heteroatoms. The van der Waals surface area contributed by atoms with E-state index >= 15 is 0 Å². The van der Waals surface area contributed by atoms with E-state index in [0.29, 0.717) is 11.1 Å². The van der Waals surface area contributed by atoms with Crippen molar-refractivity contribution in [1.29, 1.82) is 0 Å². The van der Waals surface area contributed by atoms with Crippen LogP contribution in [0.1, 0.15) is 18.4 Å². The van der Waals surface area contributed by atoms with Crippen LogP contribution in [-0.2, 0) is 11.9 Å². The van der Waals surface area contributed by atoms with Gasteiger partial charge in [-0.05, 0) is 44.4 Å².